The van der Waals surface area contributed by atoms with Gasteiger partial charge in [-0.3, -0.25) is 0 Å². The second kappa shape index (κ2) is 26.6. The molecule has 3 atom stereocenters. The van der Waals surface area contributed by atoms with E-state index >= 15 is 0 Å². The molecule has 0 saturated carbocycles. The second-order valence-corrected chi connectivity index (χ2v) is 12.4. The number of aliphatic hydroxyl groups excluding tert-OH is 2. The molecule has 3 unspecified atom stereocenters. The molecular formula is C31H49F17O9. The normalized spacial score (nSPS) is 17.9. The Kier molecular flexibility index (Phi) is 26.9. The maximum Gasteiger partial charge on any atom is 0.411 e. The van der Waals surface area contributed by atoms with E-state index in [9.17, 15) is 74.6 Å². The lowest BCUT2D eigenvalue weighted by Gasteiger charge is -2.22. The maximum absolute atomic E-state index is 13.4. The Morgan fingerprint density at radius 1 is 0.632 bits per heavy atom. The highest BCUT2D eigenvalue weighted by Crippen LogP contribution is 2.36. The van der Waals surface area contributed by atoms with E-state index in [0.717, 1.165) is 20.8 Å². The molecule has 1 saturated heterocycles. The van der Waals surface area contributed by atoms with E-state index in [1.807, 2.05) is 0 Å². The average molecular weight is 889 g/mol. The van der Waals surface area contributed by atoms with Crippen molar-refractivity contribution < 1.29 is 118 Å². The van der Waals surface area contributed by atoms with Crippen LogP contribution >= 0.6 is 0 Å². The molecule has 0 radical (unpaired) electrons. The minimum Gasteiger partial charge on any atom is -0.394 e. The van der Waals surface area contributed by atoms with Crippen LogP contribution in [-0.4, -0.2) is 137 Å². The molecule has 1 heterocycles. The molecule has 57 heavy (non-hydrogen) atoms. The van der Waals surface area contributed by atoms with Crippen molar-refractivity contribution in [2.24, 2.45) is 0 Å². The fourth-order valence-corrected chi connectivity index (χ4v) is 3.77. The first kappa shape index (κ1) is 57.5. The van der Waals surface area contributed by atoms with Gasteiger partial charge in [0.2, 0.25) is 0 Å². The van der Waals surface area contributed by atoms with E-state index < -0.39 is 132 Å². The van der Waals surface area contributed by atoms with Crippen LogP contribution in [0.15, 0.2) is 0 Å². The van der Waals surface area contributed by atoms with Crippen LogP contribution < -0.4 is 0 Å². The van der Waals surface area contributed by atoms with Crippen molar-refractivity contribution in [3.05, 3.63) is 0 Å². The van der Waals surface area contributed by atoms with Crippen molar-refractivity contribution in [3.63, 3.8) is 0 Å². The van der Waals surface area contributed by atoms with Gasteiger partial charge in [-0.1, -0.05) is 13.8 Å². The lowest BCUT2D eigenvalue weighted by Crippen LogP contribution is -2.29. The van der Waals surface area contributed by atoms with Gasteiger partial charge >= 0.3 is 18.5 Å². The third kappa shape index (κ3) is 37.2. The molecule has 26 heteroatoms. The van der Waals surface area contributed by atoms with E-state index in [1.54, 1.807) is 0 Å². The zero-order valence-corrected chi connectivity index (χ0v) is 31.0. The summed E-state index contributed by atoms with van der Waals surface area (Å²) in [6.45, 7) is -3.99. The van der Waals surface area contributed by atoms with E-state index in [0.29, 0.717) is 0 Å². The maximum atomic E-state index is 13.4. The minimum atomic E-state index is -4.57. The summed E-state index contributed by atoms with van der Waals surface area (Å²) in [7, 11) is 0. The molecule has 2 N–H and O–H groups in total. The van der Waals surface area contributed by atoms with Gasteiger partial charge in [-0.15, -0.1) is 0 Å². The monoisotopic (exact) mass is 888 g/mol. The fraction of sp³-hybridized carbons (Fsp3) is 1.00. The van der Waals surface area contributed by atoms with Crippen LogP contribution in [0.4, 0.5) is 74.6 Å². The molecule has 1 fully saturated rings. The Hall–Kier alpha value is -1.55. The van der Waals surface area contributed by atoms with Crippen LogP contribution in [0.2, 0.25) is 0 Å². The first-order valence-corrected chi connectivity index (χ1v) is 17.0. The largest absolute Gasteiger partial charge is 0.411 e. The van der Waals surface area contributed by atoms with E-state index in [-0.39, 0.29) is 45.9 Å². The lowest BCUT2D eigenvalue weighted by molar-refractivity contribution is -0.283. The van der Waals surface area contributed by atoms with Gasteiger partial charge in [-0.05, 0) is 19.8 Å². The summed E-state index contributed by atoms with van der Waals surface area (Å²) in [6, 6.07) is 0. The van der Waals surface area contributed by atoms with E-state index in [2.05, 4.69) is 14.2 Å². The van der Waals surface area contributed by atoms with Crippen LogP contribution in [0.3, 0.4) is 0 Å². The molecule has 0 spiro atoms. The SMILES string of the molecule is CC(OCC(F)(F)F)OCC(F)(F)F.CCC(F)(F)CC(F)(F)CCCOCC(O)CO.CCC(F)(F)CC(F)(F)CCCOCC1COC(OCC(F)(F)F)O1. The highest BCUT2D eigenvalue weighted by atomic mass is 19.4. The Balaban J connectivity index is 0. The summed E-state index contributed by atoms with van der Waals surface area (Å²) >= 11 is 0. The van der Waals surface area contributed by atoms with Crippen LogP contribution in [-0.2, 0) is 33.2 Å². The molecule has 0 bridgehead atoms. The predicted octanol–water partition coefficient (Wildman–Crippen LogP) is 8.83. The van der Waals surface area contributed by atoms with Crippen molar-refractivity contribution in [2.75, 3.05) is 59.5 Å². The summed E-state index contributed by atoms with van der Waals surface area (Å²) < 4.78 is 241. The Morgan fingerprint density at radius 3 is 1.44 bits per heavy atom. The lowest BCUT2D eigenvalue weighted by atomic mass is 10.0. The topological polar surface area (TPSA) is 105 Å². The molecule has 9 nitrogen and oxygen atoms in total. The van der Waals surface area contributed by atoms with Crippen molar-refractivity contribution in [3.8, 4) is 0 Å². The first-order valence-electron chi connectivity index (χ1n) is 17.0. The van der Waals surface area contributed by atoms with E-state index in [1.165, 1.54) is 0 Å². The second-order valence-electron chi connectivity index (χ2n) is 12.4. The van der Waals surface area contributed by atoms with Crippen molar-refractivity contribution in [1.82, 2.24) is 0 Å². The molecule has 0 aliphatic carbocycles. The van der Waals surface area contributed by atoms with Crippen LogP contribution in [0.1, 0.15) is 72.1 Å². The van der Waals surface area contributed by atoms with Crippen molar-refractivity contribution in [1.29, 1.82) is 0 Å². The van der Waals surface area contributed by atoms with Gasteiger partial charge in [0.05, 0.1) is 39.3 Å². The van der Waals surface area contributed by atoms with E-state index in [4.69, 9.17) is 29.2 Å². The molecule has 1 aliphatic rings. The number of ether oxygens (including phenoxy) is 7. The van der Waals surface area contributed by atoms with Gasteiger partial charge in [0.1, 0.15) is 32.0 Å². The average Bonchev–Trinajstić information content (AvgIpc) is 3.51. The van der Waals surface area contributed by atoms with Crippen LogP contribution in [0.5, 0.6) is 0 Å². The first-order chi connectivity index (χ1) is 25.7. The third-order valence-electron chi connectivity index (χ3n) is 6.62. The molecule has 1 rings (SSSR count). The zero-order valence-electron chi connectivity index (χ0n) is 31.0. The fourth-order valence-electron chi connectivity index (χ4n) is 3.77. The number of hydrogen-bond acceptors (Lipinski definition) is 9. The molecular weight excluding hydrogens is 839 g/mol. The number of alkyl halides is 17. The molecule has 346 valence electrons. The third-order valence-corrected chi connectivity index (χ3v) is 6.62. The van der Waals surface area contributed by atoms with Crippen molar-refractivity contribution in [2.45, 2.75) is 139 Å². The summed E-state index contributed by atoms with van der Waals surface area (Å²) in [4.78, 5) is 0. The highest BCUT2D eigenvalue weighted by Gasteiger charge is 2.42. The number of halogens is 17. The predicted molar refractivity (Wildman–Crippen MR) is 163 cm³/mol. The number of rotatable bonds is 25. The Morgan fingerprint density at radius 2 is 1.05 bits per heavy atom. The summed E-state index contributed by atoms with van der Waals surface area (Å²) in [5.74, 6) is -13.7. The van der Waals surface area contributed by atoms with Crippen LogP contribution in [0.25, 0.3) is 0 Å². The van der Waals surface area contributed by atoms with Crippen LogP contribution in [0, 0.1) is 0 Å². The van der Waals surface area contributed by atoms with Gasteiger partial charge in [0, 0.05) is 38.9 Å². The Bertz CT molecular complexity index is 999. The number of hydrogen-bond donors (Lipinski definition) is 2. The van der Waals surface area contributed by atoms with Crippen molar-refractivity contribution >= 4 is 0 Å². The van der Waals surface area contributed by atoms with Gasteiger partial charge in [0.15, 0.2) is 6.29 Å². The van der Waals surface area contributed by atoms with Gasteiger partial charge in [-0.25, -0.2) is 35.1 Å². The highest BCUT2D eigenvalue weighted by molar-refractivity contribution is 4.77. The van der Waals surface area contributed by atoms with Gasteiger partial charge < -0.3 is 43.4 Å². The number of aliphatic hydroxyl groups is 2. The standard InChI is InChI=1S/C14H21F7O4.C11H20F4O3.C6H8F6O2/c1-2-12(15,16)8-13(17,18)4-3-5-22-6-10-7-23-11(25-10)24-9-14(19,20)21;1-2-10(12,13)8-11(14,15)4-3-5-18-7-9(17)6-16;1-4(13-2-5(7,8)9)14-3-6(10,11)12/h10-11H,2-9H2,1H3;9,16-17H,2-8H2,1H3;4H,2-3H2,1H3. The Labute approximate surface area is 317 Å². The summed E-state index contributed by atoms with van der Waals surface area (Å²) in [5, 5.41) is 17.3. The molecule has 0 amide bonds. The molecule has 0 aromatic rings. The smallest absolute Gasteiger partial charge is 0.394 e. The molecule has 0 aromatic heterocycles. The molecule has 0 aromatic carbocycles. The minimum absolute atomic E-state index is 0.0651. The summed E-state index contributed by atoms with van der Waals surface area (Å²) in [6.07, 6.45) is -22.8. The van der Waals surface area contributed by atoms with Gasteiger partial charge in [-0.2, -0.15) is 39.5 Å². The van der Waals surface area contributed by atoms with Gasteiger partial charge in [0.25, 0.3) is 30.2 Å². The zero-order chi connectivity index (χ0) is 44.8. The molecule has 1 aliphatic heterocycles. The quantitative estimate of drug-likeness (QED) is 0.0529. The summed E-state index contributed by atoms with van der Waals surface area (Å²) in [5.41, 5.74) is 0.